The minimum absolute atomic E-state index is 0.00662. The van der Waals surface area contributed by atoms with Crippen LogP contribution in [0.1, 0.15) is 92.9 Å². The second kappa shape index (κ2) is 10.8. The summed E-state index contributed by atoms with van der Waals surface area (Å²) < 4.78 is 11.7. The summed E-state index contributed by atoms with van der Waals surface area (Å²) in [4.78, 5) is 5.16. The first-order valence-electron chi connectivity index (χ1n) is 18.3. The van der Waals surface area contributed by atoms with Crippen molar-refractivity contribution in [2.24, 2.45) is 0 Å². The number of anilines is 4. The normalized spacial score (nSPS) is 20.9. The van der Waals surface area contributed by atoms with Crippen LogP contribution in [-0.2, 0) is 16.2 Å². The summed E-state index contributed by atoms with van der Waals surface area (Å²) in [5.41, 5.74) is 14.0. The lowest BCUT2D eigenvalue weighted by Gasteiger charge is -2.59. The van der Waals surface area contributed by atoms with Gasteiger partial charge in [-0.3, -0.25) is 0 Å². The van der Waals surface area contributed by atoms with E-state index in [0.29, 0.717) is 0 Å². The number of benzene rings is 4. The van der Waals surface area contributed by atoms with E-state index < -0.39 is 0 Å². The Morgan fingerprint density at radius 2 is 1.18 bits per heavy atom. The molecule has 5 heteroatoms. The average molecular weight is 663 g/mol. The number of nitrogens with zero attached hydrogens (tertiary/aromatic N) is 2. The summed E-state index contributed by atoms with van der Waals surface area (Å²) in [6.45, 7) is 26.0. The molecule has 4 aromatic carbocycles. The van der Waals surface area contributed by atoms with Crippen LogP contribution < -0.4 is 30.2 Å². The quantitative estimate of drug-likeness (QED) is 0.200. The second-order valence-electron chi connectivity index (χ2n) is 18.2. The molecule has 0 saturated heterocycles. The first kappa shape index (κ1) is 32.8. The van der Waals surface area contributed by atoms with Crippen molar-refractivity contribution in [2.45, 2.75) is 104 Å². The smallest absolute Gasteiger partial charge is 0.231 e. The summed E-state index contributed by atoms with van der Waals surface area (Å²) in [5.74, 6) is 1.73. The minimum Gasteiger partial charge on any atom is -0.454 e. The van der Waals surface area contributed by atoms with Crippen LogP contribution in [0.4, 0.5) is 22.7 Å². The van der Waals surface area contributed by atoms with Gasteiger partial charge in [-0.25, -0.2) is 0 Å². The number of fused-ring (bicyclic) bond motifs is 5. The van der Waals surface area contributed by atoms with Crippen LogP contribution in [0.5, 0.6) is 11.5 Å². The summed E-state index contributed by atoms with van der Waals surface area (Å²) in [5, 5.41) is 0. The van der Waals surface area contributed by atoms with Crippen molar-refractivity contribution in [3.63, 3.8) is 0 Å². The molecule has 256 valence electrons. The van der Waals surface area contributed by atoms with Crippen molar-refractivity contribution < 1.29 is 9.47 Å². The van der Waals surface area contributed by atoms with Crippen molar-refractivity contribution >= 4 is 40.4 Å². The zero-order valence-corrected chi connectivity index (χ0v) is 31.7. The Hall–Kier alpha value is -4.38. The molecular formula is C45H51BN2O2. The van der Waals surface area contributed by atoms with Gasteiger partial charge in [0.1, 0.15) is 0 Å². The van der Waals surface area contributed by atoms with Gasteiger partial charge in [0.05, 0.1) is 5.54 Å². The van der Waals surface area contributed by atoms with Crippen LogP contribution in [-0.4, -0.2) is 19.0 Å². The molecule has 50 heavy (non-hydrogen) atoms. The average Bonchev–Trinajstić information content (AvgIpc) is 3.51. The standard InChI is InChI=1S/C45H51BN2O2/c1-28-22-38-41-45(11,26-28)48(32-16-12-29(13-17-32)42(2,3)4)37-20-15-31(44(8,9)10)24-35(37)46(41)34-23-30(43(5,6)7)14-19-36(34)47(38)33-18-21-39-40(25-33)50-27-49-39/h12-26,41H,27H2,1-11H3. The van der Waals surface area contributed by atoms with E-state index in [0.717, 1.165) is 17.2 Å². The molecule has 3 heterocycles. The Balaban J connectivity index is 1.45. The van der Waals surface area contributed by atoms with Crippen LogP contribution >= 0.6 is 0 Å². The van der Waals surface area contributed by atoms with Crippen molar-refractivity contribution in [1.29, 1.82) is 0 Å². The van der Waals surface area contributed by atoms with Gasteiger partial charge in [0, 0.05) is 40.3 Å². The van der Waals surface area contributed by atoms with E-state index >= 15 is 0 Å². The molecule has 0 amide bonds. The maximum absolute atomic E-state index is 5.95. The molecule has 4 aromatic rings. The Labute approximate surface area is 299 Å². The van der Waals surface area contributed by atoms with E-state index in [-0.39, 0.29) is 41.1 Å². The van der Waals surface area contributed by atoms with Gasteiger partial charge in [-0.05, 0) is 100 Å². The van der Waals surface area contributed by atoms with E-state index in [1.165, 1.54) is 55.9 Å². The third-order valence-corrected chi connectivity index (χ3v) is 11.5. The second-order valence-corrected chi connectivity index (χ2v) is 18.2. The van der Waals surface area contributed by atoms with Gasteiger partial charge in [-0.1, -0.05) is 110 Å². The summed E-state index contributed by atoms with van der Waals surface area (Å²) in [6, 6.07) is 30.3. The van der Waals surface area contributed by atoms with Crippen molar-refractivity contribution in [3.05, 3.63) is 119 Å². The first-order chi connectivity index (χ1) is 23.4. The summed E-state index contributed by atoms with van der Waals surface area (Å²) in [6.07, 6.45) is 4.97. The number of hydrogen-bond donors (Lipinski definition) is 0. The van der Waals surface area contributed by atoms with Crippen LogP contribution in [0, 0.1) is 0 Å². The lowest BCUT2D eigenvalue weighted by Crippen LogP contribution is -2.68. The highest BCUT2D eigenvalue weighted by Gasteiger charge is 2.58. The minimum atomic E-state index is -0.359. The third-order valence-electron chi connectivity index (χ3n) is 11.5. The van der Waals surface area contributed by atoms with E-state index in [9.17, 15) is 0 Å². The molecule has 0 radical (unpaired) electrons. The number of hydrogen-bond acceptors (Lipinski definition) is 4. The molecular weight excluding hydrogens is 611 g/mol. The molecule has 8 rings (SSSR count). The first-order valence-corrected chi connectivity index (χ1v) is 18.3. The highest BCUT2D eigenvalue weighted by Crippen LogP contribution is 2.56. The molecule has 0 fully saturated rings. The van der Waals surface area contributed by atoms with Crippen molar-refractivity contribution in [3.8, 4) is 11.5 Å². The molecule has 0 N–H and O–H groups in total. The highest BCUT2D eigenvalue weighted by molar-refractivity contribution is 6.90. The van der Waals surface area contributed by atoms with Crippen LogP contribution in [0.2, 0.25) is 5.82 Å². The number of allylic oxidation sites excluding steroid dienone is 2. The van der Waals surface area contributed by atoms with E-state index in [1.807, 2.05) is 0 Å². The van der Waals surface area contributed by atoms with Crippen LogP contribution in [0.25, 0.3) is 0 Å². The highest BCUT2D eigenvalue weighted by atomic mass is 16.7. The zero-order chi connectivity index (χ0) is 35.5. The van der Waals surface area contributed by atoms with E-state index in [1.54, 1.807) is 0 Å². The van der Waals surface area contributed by atoms with Gasteiger partial charge in [-0.15, -0.1) is 0 Å². The molecule has 1 aliphatic carbocycles. The summed E-state index contributed by atoms with van der Waals surface area (Å²) >= 11 is 0. The number of rotatable bonds is 2. The molecule has 4 aliphatic rings. The lowest BCUT2D eigenvalue weighted by atomic mass is 9.26. The molecule has 2 unspecified atom stereocenters. The maximum Gasteiger partial charge on any atom is 0.231 e. The Bertz CT molecular complexity index is 2090. The van der Waals surface area contributed by atoms with Gasteiger partial charge in [-0.2, -0.15) is 0 Å². The SMILES string of the molecule is CC1=CC2(C)C3B(c4cc(C(C)(C)C)ccc4N(c4ccc5c(c4)OCO5)C3=C1)c1cc(C(C)(C)C)ccc1N2c1ccc(C(C)(C)C)cc1. The van der Waals surface area contributed by atoms with Gasteiger partial charge in [0.2, 0.25) is 13.5 Å². The largest absolute Gasteiger partial charge is 0.454 e. The van der Waals surface area contributed by atoms with Crippen LogP contribution in [0.15, 0.2) is 102 Å². The molecule has 0 bridgehead atoms. The van der Waals surface area contributed by atoms with Crippen molar-refractivity contribution in [2.75, 3.05) is 16.6 Å². The number of ether oxygens (including phenoxy) is 2. The van der Waals surface area contributed by atoms with Crippen LogP contribution in [0.3, 0.4) is 0 Å². The Kier molecular flexibility index (Phi) is 7.09. The Morgan fingerprint density at radius 3 is 1.80 bits per heavy atom. The molecule has 3 aliphatic heterocycles. The lowest BCUT2D eigenvalue weighted by molar-refractivity contribution is 0.174. The fraction of sp³-hybridized carbons (Fsp3) is 0.378. The predicted octanol–water partition coefficient (Wildman–Crippen LogP) is 10.2. The maximum atomic E-state index is 5.95. The monoisotopic (exact) mass is 662 g/mol. The van der Waals surface area contributed by atoms with Gasteiger partial charge >= 0.3 is 0 Å². The van der Waals surface area contributed by atoms with Gasteiger partial charge in [0.15, 0.2) is 11.5 Å². The fourth-order valence-electron chi connectivity index (χ4n) is 8.84. The zero-order valence-electron chi connectivity index (χ0n) is 31.7. The Morgan fingerprint density at radius 1 is 0.640 bits per heavy atom. The summed E-state index contributed by atoms with van der Waals surface area (Å²) in [7, 11) is 0. The molecule has 4 nitrogen and oxygen atoms in total. The third kappa shape index (κ3) is 5.02. The molecule has 0 saturated carbocycles. The molecule has 0 spiro atoms. The molecule has 0 aromatic heterocycles. The van der Waals surface area contributed by atoms with Crippen molar-refractivity contribution in [1.82, 2.24) is 0 Å². The fourth-order valence-corrected chi connectivity index (χ4v) is 8.84. The van der Waals surface area contributed by atoms with E-state index in [2.05, 4.69) is 177 Å². The van der Waals surface area contributed by atoms with Gasteiger partial charge in [0.25, 0.3) is 0 Å². The van der Waals surface area contributed by atoms with E-state index in [4.69, 9.17) is 9.47 Å². The predicted molar refractivity (Wildman–Crippen MR) is 211 cm³/mol. The molecule has 2 atom stereocenters. The van der Waals surface area contributed by atoms with Gasteiger partial charge < -0.3 is 19.3 Å². The topological polar surface area (TPSA) is 24.9 Å².